The summed E-state index contributed by atoms with van der Waals surface area (Å²) in [6.45, 7) is 1.66. The zero-order valence-electron chi connectivity index (χ0n) is 16.0. The van der Waals surface area contributed by atoms with Gasteiger partial charge in [-0.05, 0) is 60.5 Å². The molecule has 29 heavy (non-hydrogen) atoms. The van der Waals surface area contributed by atoms with E-state index in [1.807, 2.05) is 36.8 Å². The van der Waals surface area contributed by atoms with Crippen LogP contribution in [-0.4, -0.2) is 21.2 Å². The summed E-state index contributed by atoms with van der Waals surface area (Å²) in [4.78, 5) is 9.82. The summed E-state index contributed by atoms with van der Waals surface area (Å²) < 4.78 is 22.9. The number of imidazole rings is 1. The zero-order chi connectivity index (χ0) is 20.1. The molecular weight excluding hydrogens is 387 g/mol. The smallest absolute Gasteiger partial charge is 0.190 e. The van der Waals surface area contributed by atoms with Crippen molar-refractivity contribution < 1.29 is 9.13 Å². The van der Waals surface area contributed by atoms with E-state index in [4.69, 9.17) is 9.73 Å². The lowest BCUT2D eigenvalue weighted by molar-refractivity contribution is 0.415. The van der Waals surface area contributed by atoms with Crippen LogP contribution in [0.3, 0.4) is 0 Å². The SMILES string of the molecule is COc1ccc(N=c2scc(-c3ccc(F)cc3)n2CCCn2ccnc2)cc1. The Labute approximate surface area is 172 Å². The molecule has 0 aliphatic rings. The van der Waals surface area contributed by atoms with Gasteiger partial charge in [0.2, 0.25) is 0 Å². The van der Waals surface area contributed by atoms with Crippen LogP contribution < -0.4 is 9.54 Å². The summed E-state index contributed by atoms with van der Waals surface area (Å²) in [5, 5.41) is 2.08. The molecule has 0 atom stereocenters. The Hall–Kier alpha value is -3.19. The van der Waals surface area contributed by atoms with Gasteiger partial charge in [0.15, 0.2) is 4.80 Å². The van der Waals surface area contributed by atoms with Crippen molar-refractivity contribution in [2.24, 2.45) is 4.99 Å². The average Bonchev–Trinajstić information content (AvgIpc) is 3.40. The molecule has 0 amide bonds. The molecule has 0 spiro atoms. The largest absolute Gasteiger partial charge is 0.497 e. The van der Waals surface area contributed by atoms with Gasteiger partial charge in [0.05, 0.1) is 24.8 Å². The quantitative estimate of drug-likeness (QED) is 0.437. The highest BCUT2D eigenvalue weighted by molar-refractivity contribution is 7.07. The molecule has 0 fully saturated rings. The van der Waals surface area contributed by atoms with Gasteiger partial charge in [-0.2, -0.15) is 0 Å². The minimum absolute atomic E-state index is 0.237. The Balaban J connectivity index is 1.67. The number of halogens is 1. The molecule has 148 valence electrons. The van der Waals surface area contributed by atoms with E-state index < -0.39 is 0 Å². The monoisotopic (exact) mass is 408 g/mol. The van der Waals surface area contributed by atoms with Crippen LogP contribution in [0.5, 0.6) is 5.75 Å². The van der Waals surface area contributed by atoms with Gasteiger partial charge in [0.25, 0.3) is 0 Å². The second kappa shape index (κ2) is 8.87. The molecule has 0 bridgehead atoms. The van der Waals surface area contributed by atoms with Gasteiger partial charge in [0.1, 0.15) is 11.6 Å². The molecular formula is C22H21FN4OS. The Kier molecular flexibility index (Phi) is 5.86. The molecule has 2 heterocycles. The van der Waals surface area contributed by atoms with Gasteiger partial charge in [-0.15, -0.1) is 11.3 Å². The highest BCUT2D eigenvalue weighted by atomic mass is 32.1. The van der Waals surface area contributed by atoms with Crippen molar-refractivity contribution in [2.45, 2.75) is 19.5 Å². The van der Waals surface area contributed by atoms with Crippen molar-refractivity contribution in [3.63, 3.8) is 0 Å². The maximum atomic E-state index is 13.4. The summed E-state index contributed by atoms with van der Waals surface area (Å²) in [6.07, 6.45) is 6.49. The van der Waals surface area contributed by atoms with E-state index in [0.717, 1.165) is 47.0 Å². The predicted octanol–water partition coefficient (Wildman–Crippen LogP) is 4.88. The van der Waals surface area contributed by atoms with E-state index in [1.165, 1.54) is 12.1 Å². The molecule has 5 nitrogen and oxygen atoms in total. The lowest BCUT2D eigenvalue weighted by Crippen LogP contribution is -2.17. The Morgan fingerprint density at radius 1 is 1.07 bits per heavy atom. The molecule has 0 saturated carbocycles. The fraction of sp³-hybridized carbons (Fsp3) is 0.182. The summed E-state index contributed by atoms with van der Waals surface area (Å²) >= 11 is 1.58. The topological polar surface area (TPSA) is 44.3 Å². The summed E-state index contributed by atoms with van der Waals surface area (Å²) in [6, 6.07) is 14.3. The Bertz CT molecular complexity index is 1110. The fourth-order valence-electron chi connectivity index (χ4n) is 3.08. The van der Waals surface area contributed by atoms with Crippen molar-refractivity contribution in [3.05, 3.63) is 83.3 Å². The van der Waals surface area contributed by atoms with Gasteiger partial charge in [0, 0.05) is 30.9 Å². The highest BCUT2D eigenvalue weighted by Gasteiger charge is 2.09. The molecule has 7 heteroatoms. The molecule has 0 aliphatic carbocycles. The normalized spacial score (nSPS) is 11.7. The average molecular weight is 409 g/mol. The number of benzene rings is 2. The van der Waals surface area contributed by atoms with E-state index in [-0.39, 0.29) is 5.82 Å². The summed E-state index contributed by atoms with van der Waals surface area (Å²) in [5.74, 6) is 0.564. The second-order valence-corrected chi connectivity index (χ2v) is 7.36. The van der Waals surface area contributed by atoms with Gasteiger partial charge in [-0.1, -0.05) is 0 Å². The van der Waals surface area contributed by atoms with Crippen molar-refractivity contribution in [1.29, 1.82) is 0 Å². The molecule has 0 radical (unpaired) electrons. The van der Waals surface area contributed by atoms with Crippen LogP contribution in [0.2, 0.25) is 0 Å². The standard InChI is InChI=1S/C22H21FN4OS/c1-28-20-9-7-19(8-10-20)25-22-27(13-2-12-26-14-11-24-16-26)21(15-29-22)17-3-5-18(23)6-4-17/h3-11,14-16H,2,12-13H2,1H3. The van der Waals surface area contributed by atoms with E-state index in [2.05, 4.69) is 19.5 Å². The van der Waals surface area contributed by atoms with Crippen LogP contribution >= 0.6 is 11.3 Å². The third-order valence-corrected chi connectivity index (χ3v) is 5.46. The van der Waals surface area contributed by atoms with Gasteiger partial charge in [-0.25, -0.2) is 14.4 Å². The first-order valence-electron chi connectivity index (χ1n) is 9.32. The maximum Gasteiger partial charge on any atom is 0.190 e. The molecule has 0 N–H and O–H groups in total. The van der Waals surface area contributed by atoms with Gasteiger partial charge in [-0.3, -0.25) is 0 Å². The first-order chi connectivity index (χ1) is 14.2. The van der Waals surface area contributed by atoms with Crippen LogP contribution in [0.4, 0.5) is 10.1 Å². The number of hydrogen-bond donors (Lipinski definition) is 0. The Morgan fingerprint density at radius 3 is 2.55 bits per heavy atom. The fourth-order valence-corrected chi connectivity index (χ4v) is 4.04. The van der Waals surface area contributed by atoms with Crippen molar-refractivity contribution >= 4 is 17.0 Å². The van der Waals surface area contributed by atoms with Crippen LogP contribution in [0, 0.1) is 5.82 Å². The molecule has 0 unspecified atom stereocenters. The van der Waals surface area contributed by atoms with E-state index in [9.17, 15) is 4.39 Å². The predicted molar refractivity (Wildman–Crippen MR) is 113 cm³/mol. The number of methoxy groups -OCH3 is 1. The number of rotatable bonds is 7. The first kappa shape index (κ1) is 19.1. The zero-order valence-corrected chi connectivity index (χ0v) is 16.8. The number of aromatic nitrogens is 3. The molecule has 0 saturated heterocycles. The molecule has 2 aromatic carbocycles. The first-order valence-corrected chi connectivity index (χ1v) is 10.2. The molecule has 0 aliphatic heterocycles. The third-order valence-electron chi connectivity index (χ3n) is 4.59. The van der Waals surface area contributed by atoms with Crippen LogP contribution in [0.25, 0.3) is 11.3 Å². The second-order valence-electron chi connectivity index (χ2n) is 6.53. The van der Waals surface area contributed by atoms with Gasteiger partial charge >= 0.3 is 0 Å². The van der Waals surface area contributed by atoms with E-state index >= 15 is 0 Å². The number of nitrogens with zero attached hydrogens (tertiary/aromatic N) is 4. The number of ether oxygens (including phenoxy) is 1. The summed E-state index contributed by atoms with van der Waals surface area (Å²) in [5.41, 5.74) is 2.87. The van der Waals surface area contributed by atoms with Crippen molar-refractivity contribution in [3.8, 4) is 17.0 Å². The lowest BCUT2D eigenvalue weighted by atomic mass is 10.1. The summed E-state index contributed by atoms with van der Waals surface area (Å²) in [7, 11) is 1.65. The minimum Gasteiger partial charge on any atom is -0.497 e. The van der Waals surface area contributed by atoms with Crippen molar-refractivity contribution in [2.75, 3.05) is 7.11 Å². The van der Waals surface area contributed by atoms with E-state index in [0.29, 0.717) is 0 Å². The minimum atomic E-state index is -0.237. The van der Waals surface area contributed by atoms with E-state index in [1.54, 1.807) is 36.8 Å². The highest BCUT2D eigenvalue weighted by Crippen LogP contribution is 2.22. The maximum absolute atomic E-state index is 13.4. The molecule has 2 aromatic heterocycles. The van der Waals surface area contributed by atoms with Crippen LogP contribution in [0.1, 0.15) is 6.42 Å². The third kappa shape index (κ3) is 4.63. The van der Waals surface area contributed by atoms with Crippen LogP contribution in [-0.2, 0) is 13.1 Å². The van der Waals surface area contributed by atoms with Crippen molar-refractivity contribution in [1.82, 2.24) is 14.1 Å². The molecule has 4 rings (SSSR count). The van der Waals surface area contributed by atoms with Crippen LogP contribution in [0.15, 0.2) is 77.6 Å². The molecule has 4 aromatic rings. The van der Waals surface area contributed by atoms with Gasteiger partial charge < -0.3 is 13.9 Å². The number of aryl methyl sites for hydroxylation is 1. The lowest BCUT2D eigenvalue weighted by Gasteiger charge is -2.10. The number of hydrogen-bond acceptors (Lipinski definition) is 4. The number of thiazole rings is 1. The Morgan fingerprint density at radius 2 is 1.86 bits per heavy atom.